The van der Waals surface area contributed by atoms with E-state index in [1.165, 1.54) is 13.2 Å². The maximum atomic E-state index is 11.6. The fourth-order valence-corrected chi connectivity index (χ4v) is 2.04. The lowest BCUT2D eigenvalue weighted by Crippen LogP contribution is -2.09. The van der Waals surface area contributed by atoms with E-state index in [0.29, 0.717) is 16.5 Å². The molecule has 0 fully saturated rings. The summed E-state index contributed by atoms with van der Waals surface area (Å²) in [5.74, 6) is -0.253. The highest BCUT2D eigenvalue weighted by Gasteiger charge is 2.18. The van der Waals surface area contributed by atoms with Crippen molar-refractivity contribution in [2.75, 3.05) is 13.7 Å². The van der Waals surface area contributed by atoms with Crippen LogP contribution in [0.1, 0.15) is 12.6 Å². The molecule has 0 saturated heterocycles. The predicted octanol–water partition coefficient (Wildman–Crippen LogP) is 2.26. The van der Waals surface area contributed by atoms with Crippen molar-refractivity contribution in [2.45, 2.75) is 13.3 Å². The van der Waals surface area contributed by atoms with E-state index in [-0.39, 0.29) is 24.5 Å². The Morgan fingerprint density at radius 3 is 2.81 bits per heavy atom. The molecule has 7 heteroatoms. The first-order valence-corrected chi connectivity index (χ1v) is 6.32. The topological polar surface area (TPSA) is 91.6 Å². The van der Waals surface area contributed by atoms with Crippen LogP contribution >= 0.6 is 0 Å². The molecule has 0 N–H and O–H groups in total. The van der Waals surface area contributed by atoms with Crippen LogP contribution in [0.25, 0.3) is 10.8 Å². The number of ether oxygens (including phenoxy) is 2. The number of nitro groups is 1. The number of nitro benzene ring substituents is 1. The van der Waals surface area contributed by atoms with Gasteiger partial charge in [0.05, 0.1) is 30.8 Å². The van der Waals surface area contributed by atoms with Crippen LogP contribution in [0.4, 0.5) is 5.69 Å². The Balaban J connectivity index is 2.55. The molecule has 0 aliphatic carbocycles. The van der Waals surface area contributed by atoms with E-state index >= 15 is 0 Å². The molecule has 0 amide bonds. The van der Waals surface area contributed by atoms with Crippen molar-refractivity contribution in [3.8, 4) is 5.75 Å². The van der Waals surface area contributed by atoms with Crippen LogP contribution in [-0.2, 0) is 16.0 Å². The Hall–Kier alpha value is -2.70. The zero-order chi connectivity index (χ0) is 15.4. The van der Waals surface area contributed by atoms with Crippen molar-refractivity contribution in [1.29, 1.82) is 0 Å². The number of nitrogens with zero attached hydrogens (tertiary/aromatic N) is 2. The van der Waals surface area contributed by atoms with Crippen molar-refractivity contribution < 1.29 is 19.2 Å². The number of rotatable bonds is 5. The number of esters is 1. The number of fused-ring (bicyclic) bond motifs is 1. The van der Waals surface area contributed by atoms with E-state index in [2.05, 4.69) is 4.98 Å². The van der Waals surface area contributed by atoms with Crippen molar-refractivity contribution in [3.05, 3.63) is 40.2 Å². The molecule has 0 bridgehead atoms. The second-order valence-electron chi connectivity index (χ2n) is 4.24. The van der Waals surface area contributed by atoms with E-state index in [1.54, 1.807) is 25.3 Å². The molecular formula is C14H14N2O5. The number of benzene rings is 1. The van der Waals surface area contributed by atoms with Crippen LogP contribution < -0.4 is 4.74 Å². The lowest BCUT2D eigenvalue weighted by atomic mass is 10.1. The van der Waals surface area contributed by atoms with Gasteiger partial charge in [0, 0.05) is 17.6 Å². The van der Waals surface area contributed by atoms with Crippen LogP contribution in [0.15, 0.2) is 24.4 Å². The van der Waals surface area contributed by atoms with Gasteiger partial charge in [0.15, 0.2) is 5.75 Å². The van der Waals surface area contributed by atoms with Crippen LogP contribution in [0.5, 0.6) is 5.75 Å². The first-order chi connectivity index (χ1) is 10.1. The summed E-state index contributed by atoms with van der Waals surface area (Å²) in [6, 6.07) is 4.63. The van der Waals surface area contributed by atoms with Crippen molar-refractivity contribution in [2.24, 2.45) is 0 Å². The van der Waals surface area contributed by atoms with Gasteiger partial charge >= 0.3 is 11.7 Å². The number of hydrogen-bond acceptors (Lipinski definition) is 6. The summed E-state index contributed by atoms with van der Waals surface area (Å²) in [7, 11) is 1.37. The average Bonchev–Trinajstić information content (AvgIpc) is 2.46. The highest BCUT2D eigenvalue weighted by Crippen LogP contribution is 2.33. The monoisotopic (exact) mass is 290 g/mol. The van der Waals surface area contributed by atoms with Gasteiger partial charge in [0.25, 0.3) is 0 Å². The average molecular weight is 290 g/mol. The van der Waals surface area contributed by atoms with Crippen LogP contribution in [0.3, 0.4) is 0 Å². The molecule has 110 valence electrons. The Labute approximate surface area is 120 Å². The minimum absolute atomic E-state index is 0.0331. The van der Waals surface area contributed by atoms with E-state index in [4.69, 9.17) is 9.47 Å². The minimum atomic E-state index is -0.528. The largest absolute Gasteiger partial charge is 0.490 e. The molecule has 2 aromatic rings. The number of carbonyl (C=O) groups excluding carboxylic acids is 1. The fourth-order valence-electron chi connectivity index (χ4n) is 2.04. The minimum Gasteiger partial charge on any atom is -0.490 e. The maximum absolute atomic E-state index is 11.6. The SMILES string of the molecule is CCOC(=O)Cc1nccc2cc(OC)c([N+](=O)[O-])cc12. The molecule has 0 aliphatic heterocycles. The van der Waals surface area contributed by atoms with Crippen LogP contribution in [0.2, 0.25) is 0 Å². The summed E-state index contributed by atoms with van der Waals surface area (Å²) in [5.41, 5.74) is 0.278. The summed E-state index contributed by atoms with van der Waals surface area (Å²) in [5, 5.41) is 12.3. The van der Waals surface area contributed by atoms with Gasteiger partial charge in [0.1, 0.15) is 0 Å². The van der Waals surface area contributed by atoms with Gasteiger partial charge in [-0.25, -0.2) is 0 Å². The lowest BCUT2D eigenvalue weighted by molar-refractivity contribution is -0.385. The highest BCUT2D eigenvalue weighted by atomic mass is 16.6. The molecule has 7 nitrogen and oxygen atoms in total. The number of methoxy groups -OCH3 is 1. The zero-order valence-corrected chi connectivity index (χ0v) is 11.7. The second-order valence-corrected chi connectivity index (χ2v) is 4.24. The number of pyridine rings is 1. The molecule has 2 rings (SSSR count). The molecule has 0 unspecified atom stereocenters. The third kappa shape index (κ3) is 3.07. The summed E-state index contributed by atoms with van der Waals surface area (Å²) < 4.78 is 9.90. The van der Waals surface area contributed by atoms with E-state index in [9.17, 15) is 14.9 Å². The molecular weight excluding hydrogens is 276 g/mol. The number of carbonyl (C=O) groups is 1. The first-order valence-electron chi connectivity index (χ1n) is 6.32. The molecule has 1 aromatic heterocycles. The Bertz CT molecular complexity index is 699. The fraction of sp³-hybridized carbons (Fsp3) is 0.286. The van der Waals surface area contributed by atoms with Crippen molar-refractivity contribution >= 4 is 22.4 Å². The van der Waals surface area contributed by atoms with E-state index in [1.807, 2.05) is 0 Å². The molecule has 0 radical (unpaired) electrons. The third-order valence-electron chi connectivity index (χ3n) is 2.96. The Morgan fingerprint density at radius 1 is 1.43 bits per heavy atom. The molecule has 1 aromatic carbocycles. The zero-order valence-electron chi connectivity index (χ0n) is 11.7. The van der Waals surface area contributed by atoms with Gasteiger partial charge in [-0.3, -0.25) is 19.9 Å². The van der Waals surface area contributed by atoms with Gasteiger partial charge in [-0.1, -0.05) is 0 Å². The lowest BCUT2D eigenvalue weighted by Gasteiger charge is -2.08. The summed E-state index contributed by atoms with van der Waals surface area (Å²) in [4.78, 5) is 26.2. The third-order valence-corrected chi connectivity index (χ3v) is 2.96. The molecule has 0 spiro atoms. The molecule has 1 heterocycles. The Morgan fingerprint density at radius 2 is 2.19 bits per heavy atom. The molecule has 0 aliphatic rings. The molecule has 21 heavy (non-hydrogen) atoms. The molecule has 0 saturated carbocycles. The van der Waals surface area contributed by atoms with Crippen LogP contribution in [-0.4, -0.2) is 29.6 Å². The maximum Gasteiger partial charge on any atom is 0.311 e. The van der Waals surface area contributed by atoms with Crippen molar-refractivity contribution in [3.63, 3.8) is 0 Å². The quantitative estimate of drug-likeness (QED) is 0.476. The smallest absolute Gasteiger partial charge is 0.311 e. The summed E-state index contributed by atoms with van der Waals surface area (Å²) in [6.07, 6.45) is 1.51. The van der Waals surface area contributed by atoms with Gasteiger partial charge in [-0.2, -0.15) is 0 Å². The Kier molecular flexibility index (Phi) is 4.32. The second kappa shape index (κ2) is 6.17. The van der Waals surface area contributed by atoms with E-state index < -0.39 is 10.9 Å². The summed E-state index contributed by atoms with van der Waals surface area (Å²) in [6.45, 7) is 1.99. The highest BCUT2D eigenvalue weighted by molar-refractivity contribution is 5.91. The first kappa shape index (κ1) is 14.7. The standard InChI is InChI=1S/C14H14N2O5/c1-3-21-14(17)8-11-10-7-12(16(18)19)13(20-2)6-9(10)4-5-15-11/h4-7H,3,8H2,1-2H3. The van der Waals surface area contributed by atoms with Gasteiger partial charge < -0.3 is 9.47 Å². The van der Waals surface area contributed by atoms with Gasteiger partial charge in [-0.05, 0) is 24.4 Å². The van der Waals surface area contributed by atoms with Gasteiger partial charge in [0.2, 0.25) is 0 Å². The molecule has 0 atom stereocenters. The van der Waals surface area contributed by atoms with Crippen molar-refractivity contribution in [1.82, 2.24) is 4.98 Å². The normalized spacial score (nSPS) is 10.4. The van der Waals surface area contributed by atoms with E-state index in [0.717, 1.165) is 0 Å². The number of hydrogen-bond donors (Lipinski definition) is 0. The predicted molar refractivity (Wildman–Crippen MR) is 75.3 cm³/mol. The van der Waals surface area contributed by atoms with Gasteiger partial charge in [-0.15, -0.1) is 0 Å². The number of aromatic nitrogens is 1. The summed E-state index contributed by atoms with van der Waals surface area (Å²) >= 11 is 0. The van der Waals surface area contributed by atoms with Crippen LogP contribution in [0, 0.1) is 10.1 Å².